The molecule has 0 amide bonds. The number of nitrogens with zero attached hydrogens (tertiary/aromatic N) is 2. The summed E-state index contributed by atoms with van der Waals surface area (Å²) in [6.45, 7) is 1.69. The van der Waals surface area contributed by atoms with Gasteiger partial charge in [0.1, 0.15) is 0 Å². The molecule has 3 aromatic rings. The molecule has 0 radical (unpaired) electrons. The van der Waals surface area contributed by atoms with Gasteiger partial charge in [0, 0.05) is 16.1 Å². The third kappa shape index (κ3) is 4.42. The Morgan fingerprint density at radius 3 is 2.60 bits per heavy atom. The third-order valence-corrected chi connectivity index (χ3v) is 4.13. The molecule has 0 spiro atoms. The molecule has 0 saturated carbocycles. The molecule has 0 aliphatic rings. The summed E-state index contributed by atoms with van der Waals surface area (Å²) in [5.74, 6) is 0.159. The number of halogens is 1. The van der Waals surface area contributed by atoms with Gasteiger partial charge in [-0.05, 0) is 36.8 Å². The quantitative estimate of drug-likeness (QED) is 0.455. The number of esters is 1. The predicted molar refractivity (Wildman–Crippen MR) is 97.4 cm³/mol. The molecule has 3 rings (SSSR count). The van der Waals surface area contributed by atoms with Crippen LogP contribution in [0.1, 0.15) is 24.5 Å². The Labute approximate surface area is 153 Å². The van der Waals surface area contributed by atoms with Crippen LogP contribution >= 0.6 is 15.9 Å². The molecule has 25 heavy (non-hydrogen) atoms. The summed E-state index contributed by atoms with van der Waals surface area (Å²) in [6, 6.07) is 17.0. The summed E-state index contributed by atoms with van der Waals surface area (Å²) in [7, 11) is 0. The molecule has 0 N–H and O–H groups in total. The number of hydrogen-bond acceptors (Lipinski definition) is 5. The van der Waals surface area contributed by atoms with Crippen LogP contribution in [0.4, 0.5) is 0 Å². The minimum absolute atomic E-state index is 0.251. The van der Waals surface area contributed by atoms with Gasteiger partial charge in [-0.1, -0.05) is 52.3 Å². The van der Waals surface area contributed by atoms with E-state index in [0.29, 0.717) is 5.89 Å². The molecule has 6 heteroatoms. The maximum atomic E-state index is 12.0. The highest BCUT2D eigenvalue weighted by Crippen LogP contribution is 2.22. The van der Waals surface area contributed by atoms with Gasteiger partial charge in [-0.15, -0.1) is 10.2 Å². The van der Waals surface area contributed by atoms with Crippen molar-refractivity contribution in [3.05, 3.63) is 76.6 Å². The lowest BCUT2D eigenvalue weighted by atomic mass is 10.2. The minimum Gasteiger partial charge on any atom is -0.449 e. The first-order valence-corrected chi connectivity index (χ1v) is 8.45. The summed E-state index contributed by atoms with van der Waals surface area (Å²) < 4.78 is 11.8. The van der Waals surface area contributed by atoms with E-state index < -0.39 is 12.1 Å². The van der Waals surface area contributed by atoms with Crippen LogP contribution in [0.25, 0.3) is 17.5 Å². The van der Waals surface area contributed by atoms with Crippen molar-refractivity contribution in [2.75, 3.05) is 0 Å². The largest absolute Gasteiger partial charge is 0.449 e. The van der Waals surface area contributed by atoms with Crippen LogP contribution in [0.5, 0.6) is 0 Å². The van der Waals surface area contributed by atoms with Crippen molar-refractivity contribution in [3.8, 4) is 11.5 Å². The van der Waals surface area contributed by atoms with Gasteiger partial charge in [0.2, 0.25) is 5.89 Å². The van der Waals surface area contributed by atoms with Crippen LogP contribution in [0.2, 0.25) is 0 Å². The fourth-order valence-corrected chi connectivity index (χ4v) is 2.55. The van der Waals surface area contributed by atoms with Crippen LogP contribution in [-0.2, 0) is 9.53 Å². The van der Waals surface area contributed by atoms with Crippen LogP contribution in [0.15, 0.2) is 69.6 Å². The summed E-state index contributed by atoms with van der Waals surface area (Å²) >= 11 is 3.42. The van der Waals surface area contributed by atoms with Gasteiger partial charge in [0.25, 0.3) is 5.89 Å². The fourth-order valence-electron chi connectivity index (χ4n) is 2.13. The second-order valence-corrected chi connectivity index (χ2v) is 6.10. The molecule has 1 aromatic heterocycles. The molecular weight excluding hydrogens is 384 g/mol. The topological polar surface area (TPSA) is 65.2 Å². The highest BCUT2D eigenvalue weighted by Gasteiger charge is 2.17. The van der Waals surface area contributed by atoms with Crippen molar-refractivity contribution >= 4 is 28.0 Å². The van der Waals surface area contributed by atoms with Gasteiger partial charge in [-0.3, -0.25) is 0 Å². The minimum atomic E-state index is -0.638. The van der Waals surface area contributed by atoms with Crippen LogP contribution < -0.4 is 0 Å². The molecule has 1 atom stereocenters. The maximum Gasteiger partial charge on any atom is 0.331 e. The molecule has 5 nitrogen and oxygen atoms in total. The van der Waals surface area contributed by atoms with Crippen molar-refractivity contribution in [2.24, 2.45) is 0 Å². The van der Waals surface area contributed by atoms with E-state index in [1.807, 2.05) is 54.6 Å². The summed E-state index contributed by atoms with van der Waals surface area (Å²) in [6.07, 6.45) is 2.41. The van der Waals surface area contributed by atoms with Gasteiger partial charge in [-0.2, -0.15) is 0 Å². The van der Waals surface area contributed by atoms with E-state index in [2.05, 4.69) is 26.1 Å². The number of rotatable bonds is 5. The fraction of sp³-hybridized carbons (Fsp3) is 0.105. The monoisotopic (exact) mass is 398 g/mol. The predicted octanol–water partition coefficient (Wildman–Crippen LogP) is 4.82. The summed E-state index contributed by atoms with van der Waals surface area (Å²) in [4.78, 5) is 12.0. The Bertz CT molecular complexity index is 890. The van der Waals surface area contributed by atoms with Crippen LogP contribution in [0.3, 0.4) is 0 Å². The van der Waals surface area contributed by atoms with E-state index in [1.165, 1.54) is 6.08 Å². The molecule has 0 saturated heterocycles. The van der Waals surface area contributed by atoms with Crippen molar-refractivity contribution in [1.82, 2.24) is 10.2 Å². The van der Waals surface area contributed by atoms with Crippen LogP contribution in [0, 0.1) is 0 Å². The van der Waals surface area contributed by atoms with E-state index in [9.17, 15) is 4.79 Å². The number of aromatic nitrogens is 2. The highest BCUT2D eigenvalue weighted by atomic mass is 79.9. The number of benzene rings is 2. The second-order valence-electron chi connectivity index (χ2n) is 5.25. The normalized spacial score (nSPS) is 12.2. The highest BCUT2D eigenvalue weighted by molar-refractivity contribution is 9.10. The second kappa shape index (κ2) is 7.90. The first-order valence-electron chi connectivity index (χ1n) is 7.65. The zero-order chi connectivity index (χ0) is 17.6. The summed E-state index contributed by atoms with van der Waals surface area (Å²) in [5.41, 5.74) is 1.70. The number of carbonyl (C=O) groups excluding carboxylic acids is 1. The summed E-state index contributed by atoms with van der Waals surface area (Å²) in [5, 5.41) is 7.94. The molecule has 0 bridgehead atoms. The number of carbonyl (C=O) groups is 1. The Morgan fingerprint density at radius 1 is 1.12 bits per heavy atom. The first-order chi connectivity index (χ1) is 12.1. The molecule has 0 aliphatic heterocycles. The van der Waals surface area contributed by atoms with Crippen molar-refractivity contribution in [2.45, 2.75) is 13.0 Å². The lowest BCUT2D eigenvalue weighted by Gasteiger charge is -2.06. The van der Waals surface area contributed by atoms with Gasteiger partial charge < -0.3 is 9.15 Å². The third-order valence-electron chi connectivity index (χ3n) is 3.41. The van der Waals surface area contributed by atoms with Crippen molar-refractivity contribution < 1.29 is 13.9 Å². The molecule has 126 valence electrons. The molecule has 1 heterocycles. The standard InChI is InChI=1S/C19H15BrN2O3/c1-13(18-21-22-19(25-18)15-8-3-2-4-9-15)24-17(23)12-11-14-7-5-6-10-16(14)20/h2-13H,1H3/b12-11+/t13-/m1/s1. The Balaban J connectivity index is 1.64. The molecule has 0 aliphatic carbocycles. The lowest BCUT2D eigenvalue weighted by Crippen LogP contribution is -2.06. The van der Waals surface area contributed by atoms with Crippen LogP contribution in [-0.4, -0.2) is 16.2 Å². The average molecular weight is 399 g/mol. The smallest absolute Gasteiger partial charge is 0.331 e. The average Bonchev–Trinajstić information content (AvgIpc) is 3.12. The van der Waals surface area contributed by atoms with Gasteiger partial charge in [0.05, 0.1) is 0 Å². The first kappa shape index (κ1) is 17.1. The van der Waals surface area contributed by atoms with Gasteiger partial charge >= 0.3 is 5.97 Å². The number of hydrogen-bond donors (Lipinski definition) is 0. The van der Waals surface area contributed by atoms with E-state index in [0.717, 1.165) is 15.6 Å². The SMILES string of the molecule is C[C@@H](OC(=O)/C=C/c1ccccc1Br)c1nnc(-c2ccccc2)o1. The van der Waals surface area contributed by atoms with E-state index in [1.54, 1.807) is 13.0 Å². The van der Waals surface area contributed by atoms with Crippen molar-refractivity contribution in [1.29, 1.82) is 0 Å². The Morgan fingerprint density at radius 2 is 1.84 bits per heavy atom. The lowest BCUT2D eigenvalue weighted by molar-refractivity contribution is -0.143. The maximum absolute atomic E-state index is 12.0. The van der Waals surface area contributed by atoms with Gasteiger partial charge in [-0.25, -0.2) is 4.79 Å². The Kier molecular flexibility index (Phi) is 5.40. The van der Waals surface area contributed by atoms with E-state index >= 15 is 0 Å². The van der Waals surface area contributed by atoms with E-state index in [4.69, 9.17) is 9.15 Å². The zero-order valence-electron chi connectivity index (χ0n) is 13.4. The van der Waals surface area contributed by atoms with Gasteiger partial charge in [0.15, 0.2) is 6.10 Å². The molecule has 0 fully saturated rings. The number of ether oxygens (including phenoxy) is 1. The van der Waals surface area contributed by atoms with E-state index in [-0.39, 0.29) is 5.89 Å². The molecular formula is C19H15BrN2O3. The zero-order valence-corrected chi connectivity index (χ0v) is 15.0. The molecule has 2 aromatic carbocycles. The van der Waals surface area contributed by atoms with Crippen molar-refractivity contribution in [3.63, 3.8) is 0 Å². The molecule has 0 unspecified atom stereocenters. The Hall–Kier alpha value is -2.73.